The Bertz CT molecular complexity index is 386. The molecule has 1 aromatic carbocycles. The van der Waals surface area contributed by atoms with E-state index in [0.29, 0.717) is 6.79 Å². The van der Waals surface area contributed by atoms with Crippen molar-refractivity contribution in [2.45, 2.75) is 0 Å². The van der Waals surface area contributed by atoms with Crippen molar-refractivity contribution in [2.24, 2.45) is 0 Å². The van der Waals surface area contributed by atoms with Gasteiger partial charge in [-0.25, -0.2) is 0 Å². The van der Waals surface area contributed by atoms with Crippen molar-refractivity contribution in [1.29, 1.82) is 0 Å². The van der Waals surface area contributed by atoms with E-state index < -0.39 is 0 Å². The number of hydrogen-bond donors (Lipinski definition) is 0. The summed E-state index contributed by atoms with van der Waals surface area (Å²) in [5.41, 5.74) is 1.02. The van der Waals surface area contributed by atoms with E-state index >= 15 is 0 Å². The van der Waals surface area contributed by atoms with Gasteiger partial charge in [-0.3, -0.25) is 0 Å². The van der Waals surface area contributed by atoms with Gasteiger partial charge in [0.1, 0.15) is 0 Å². The summed E-state index contributed by atoms with van der Waals surface area (Å²) < 4.78 is 10.4. The zero-order valence-corrected chi connectivity index (χ0v) is 6.99. The van der Waals surface area contributed by atoms with Crippen LogP contribution in [0.1, 0.15) is 5.56 Å². The molecule has 0 amide bonds. The monoisotopic (exact) mass is 172 g/mol. The molecule has 0 N–H and O–H groups in total. The number of allylic oxidation sites excluding steroid dienone is 1. The zero-order valence-electron chi connectivity index (χ0n) is 6.99. The molecule has 0 saturated heterocycles. The largest absolute Gasteiger partial charge is 0.454 e. The quantitative estimate of drug-likeness (QED) is 0.603. The Morgan fingerprint density at radius 1 is 1.31 bits per heavy atom. The SMILES string of the molecule is C#C/C=C/c1ccc2c(c1)OCO2. The molecular formula is C11H8O2. The molecule has 0 fully saturated rings. The molecule has 2 heteroatoms. The Kier molecular flexibility index (Phi) is 1.93. The van der Waals surface area contributed by atoms with Crippen molar-refractivity contribution in [2.75, 3.05) is 6.79 Å². The molecule has 0 bridgehead atoms. The molecular weight excluding hydrogens is 164 g/mol. The second-order valence-electron chi connectivity index (χ2n) is 2.61. The Morgan fingerprint density at radius 2 is 2.15 bits per heavy atom. The standard InChI is InChI=1S/C11H8O2/c1-2-3-4-9-5-6-10-11(7-9)13-8-12-10/h1,3-7H,8H2/b4-3+. The second-order valence-corrected chi connectivity index (χ2v) is 2.61. The van der Waals surface area contributed by atoms with Gasteiger partial charge in [0.05, 0.1) is 0 Å². The van der Waals surface area contributed by atoms with Crippen LogP contribution in [0.3, 0.4) is 0 Å². The smallest absolute Gasteiger partial charge is 0.231 e. The first-order chi connectivity index (χ1) is 6.40. The van der Waals surface area contributed by atoms with Crippen molar-refractivity contribution in [3.63, 3.8) is 0 Å². The first-order valence-corrected chi connectivity index (χ1v) is 3.92. The van der Waals surface area contributed by atoms with Crippen LogP contribution >= 0.6 is 0 Å². The molecule has 1 aliphatic heterocycles. The molecule has 0 unspecified atom stereocenters. The highest BCUT2D eigenvalue weighted by Gasteiger charge is 2.11. The first kappa shape index (κ1) is 7.75. The number of terminal acetylenes is 1. The number of ether oxygens (including phenoxy) is 2. The molecule has 1 heterocycles. The van der Waals surface area contributed by atoms with E-state index in [-0.39, 0.29) is 0 Å². The van der Waals surface area contributed by atoms with Crippen LogP contribution in [0.15, 0.2) is 24.3 Å². The summed E-state index contributed by atoms with van der Waals surface area (Å²) in [4.78, 5) is 0. The minimum Gasteiger partial charge on any atom is -0.454 e. The summed E-state index contributed by atoms with van der Waals surface area (Å²) in [6, 6.07) is 5.70. The summed E-state index contributed by atoms with van der Waals surface area (Å²) in [6.45, 7) is 0.303. The molecule has 0 aromatic heterocycles. The molecule has 0 spiro atoms. The summed E-state index contributed by atoms with van der Waals surface area (Å²) in [7, 11) is 0. The normalized spacial score (nSPS) is 13.2. The van der Waals surface area contributed by atoms with Crippen LogP contribution in [0, 0.1) is 12.3 Å². The number of hydrogen-bond acceptors (Lipinski definition) is 2. The fourth-order valence-electron chi connectivity index (χ4n) is 1.16. The molecule has 0 atom stereocenters. The highest BCUT2D eigenvalue weighted by atomic mass is 16.7. The third kappa shape index (κ3) is 1.50. The number of fused-ring (bicyclic) bond motifs is 1. The molecule has 13 heavy (non-hydrogen) atoms. The lowest BCUT2D eigenvalue weighted by molar-refractivity contribution is 0.174. The maximum Gasteiger partial charge on any atom is 0.231 e. The highest BCUT2D eigenvalue weighted by molar-refractivity contribution is 5.58. The van der Waals surface area contributed by atoms with Gasteiger partial charge in [-0.05, 0) is 29.8 Å². The van der Waals surface area contributed by atoms with Crippen molar-refractivity contribution in [3.8, 4) is 23.8 Å². The van der Waals surface area contributed by atoms with E-state index in [0.717, 1.165) is 17.1 Å². The predicted octanol–water partition coefficient (Wildman–Crippen LogP) is 2.06. The molecule has 0 saturated carbocycles. The highest BCUT2D eigenvalue weighted by Crippen LogP contribution is 2.32. The average molecular weight is 172 g/mol. The summed E-state index contributed by atoms with van der Waals surface area (Å²) >= 11 is 0. The lowest BCUT2D eigenvalue weighted by atomic mass is 10.2. The van der Waals surface area contributed by atoms with E-state index in [1.54, 1.807) is 6.08 Å². The summed E-state index contributed by atoms with van der Waals surface area (Å²) in [5.74, 6) is 4.00. The second kappa shape index (κ2) is 3.24. The average Bonchev–Trinajstić information content (AvgIpc) is 2.61. The molecule has 1 aliphatic rings. The van der Waals surface area contributed by atoms with Crippen molar-refractivity contribution in [3.05, 3.63) is 29.8 Å². The van der Waals surface area contributed by atoms with Crippen LogP contribution in [-0.4, -0.2) is 6.79 Å². The predicted molar refractivity (Wildman–Crippen MR) is 50.4 cm³/mol. The van der Waals surface area contributed by atoms with E-state index in [1.165, 1.54) is 0 Å². The molecule has 0 radical (unpaired) electrons. The Balaban J connectivity index is 2.32. The van der Waals surface area contributed by atoms with Crippen molar-refractivity contribution >= 4 is 6.08 Å². The van der Waals surface area contributed by atoms with Gasteiger partial charge in [-0.2, -0.15) is 0 Å². The third-order valence-electron chi connectivity index (χ3n) is 1.77. The van der Waals surface area contributed by atoms with E-state index in [9.17, 15) is 0 Å². The van der Waals surface area contributed by atoms with Gasteiger partial charge in [0.2, 0.25) is 6.79 Å². The van der Waals surface area contributed by atoms with Crippen LogP contribution in [0.5, 0.6) is 11.5 Å². The Morgan fingerprint density at radius 3 is 3.00 bits per heavy atom. The van der Waals surface area contributed by atoms with E-state index in [4.69, 9.17) is 15.9 Å². The minimum atomic E-state index is 0.303. The molecule has 1 aromatic rings. The summed E-state index contributed by atoms with van der Waals surface area (Å²) in [5, 5.41) is 0. The van der Waals surface area contributed by atoms with Crippen LogP contribution in [0.2, 0.25) is 0 Å². The third-order valence-corrected chi connectivity index (χ3v) is 1.77. The topological polar surface area (TPSA) is 18.5 Å². The molecule has 0 aliphatic carbocycles. The Labute approximate surface area is 76.8 Å². The lowest BCUT2D eigenvalue weighted by Gasteiger charge is -1.96. The zero-order chi connectivity index (χ0) is 9.10. The van der Waals surface area contributed by atoms with Crippen molar-refractivity contribution < 1.29 is 9.47 Å². The van der Waals surface area contributed by atoms with Crippen LogP contribution in [0.4, 0.5) is 0 Å². The van der Waals surface area contributed by atoms with Gasteiger partial charge in [0.15, 0.2) is 11.5 Å². The molecule has 2 rings (SSSR count). The van der Waals surface area contributed by atoms with Crippen LogP contribution in [0.25, 0.3) is 6.08 Å². The minimum absolute atomic E-state index is 0.303. The van der Waals surface area contributed by atoms with Gasteiger partial charge >= 0.3 is 0 Å². The van der Waals surface area contributed by atoms with E-state index in [2.05, 4.69) is 5.92 Å². The number of benzene rings is 1. The maximum absolute atomic E-state index is 5.21. The van der Waals surface area contributed by atoms with Gasteiger partial charge in [-0.1, -0.05) is 12.0 Å². The lowest BCUT2D eigenvalue weighted by Crippen LogP contribution is -1.92. The maximum atomic E-state index is 5.21. The van der Waals surface area contributed by atoms with Gasteiger partial charge in [0.25, 0.3) is 0 Å². The van der Waals surface area contributed by atoms with Crippen LogP contribution in [-0.2, 0) is 0 Å². The fourth-order valence-corrected chi connectivity index (χ4v) is 1.16. The fraction of sp³-hybridized carbons (Fsp3) is 0.0909. The van der Waals surface area contributed by atoms with E-state index in [1.807, 2.05) is 24.3 Å². The van der Waals surface area contributed by atoms with Crippen molar-refractivity contribution in [1.82, 2.24) is 0 Å². The summed E-state index contributed by atoms with van der Waals surface area (Å²) in [6.07, 6.45) is 8.60. The molecule has 64 valence electrons. The van der Waals surface area contributed by atoms with Gasteiger partial charge in [-0.15, -0.1) is 6.42 Å². The van der Waals surface area contributed by atoms with Gasteiger partial charge < -0.3 is 9.47 Å². The Hall–Kier alpha value is -1.88. The molecule has 2 nitrogen and oxygen atoms in total. The number of rotatable bonds is 1. The first-order valence-electron chi connectivity index (χ1n) is 3.92. The van der Waals surface area contributed by atoms with Gasteiger partial charge in [0, 0.05) is 0 Å². The van der Waals surface area contributed by atoms with Crippen LogP contribution < -0.4 is 9.47 Å².